The van der Waals surface area contributed by atoms with E-state index in [2.05, 4.69) is 4.98 Å². The van der Waals surface area contributed by atoms with Crippen molar-refractivity contribution in [1.82, 2.24) is 14.9 Å². The summed E-state index contributed by atoms with van der Waals surface area (Å²) in [6.45, 7) is 0.926. The van der Waals surface area contributed by atoms with Gasteiger partial charge < -0.3 is 19.4 Å². The van der Waals surface area contributed by atoms with Crippen LogP contribution in [0.15, 0.2) is 12.1 Å². The van der Waals surface area contributed by atoms with Crippen molar-refractivity contribution in [3.8, 4) is 11.5 Å². The van der Waals surface area contributed by atoms with Gasteiger partial charge in [0.05, 0.1) is 11.0 Å². The van der Waals surface area contributed by atoms with Crippen molar-refractivity contribution in [2.24, 2.45) is 0 Å². The second-order valence-corrected chi connectivity index (χ2v) is 5.12. The van der Waals surface area contributed by atoms with Crippen molar-refractivity contribution >= 4 is 16.9 Å². The average Bonchev–Trinajstić information content (AvgIpc) is 2.77. The number of nitrogens with zero attached hydrogens (tertiary/aromatic N) is 2. The quantitative estimate of drug-likeness (QED) is 0.932. The molecule has 0 atom stereocenters. The van der Waals surface area contributed by atoms with Crippen LogP contribution in [0.4, 0.5) is 13.2 Å². The molecular weight excluding hydrogens is 315 g/mol. The molecular formula is C14H14F3N3O3. The topological polar surface area (TPSA) is 65.4 Å². The molecule has 6 nitrogen and oxygen atoms in total. The maximum atomic E-state index is 12.2. The molecule has 0 saturated carbocycles. The maximum Gasteiger partial charge on any atom is 0.405 e. The van der Waals surface area contributed by atoms with Gasteiger partial charge in [0.15, 0.2) is 11.5 Å². The molecule has 1 aromatic carbocycles. The van der Waals surface area contributed by atoms with Crippen molar-refractivity contribution in [1.29, 1.82) is 0 Å². The van der Waals surface area contributed by atoms with Crippen LogP contribution in [0.3, 0.4) is 0 Å². The molecule has 1 aliphatic rings. The van der Waals surface area contributed by atoms with Gasteiger partial charge in [0.1, 0.15) is 32.1 Å². The molecule has 2 heterocycles. The minimum Gasteiger partial charge on any atom is -0.486 e. The Morgan fingerprint density at radius 3 is 2.61 bits per heavy atom. The largest absolute Gasteiger partial charge is 0.486 e. The number of halogens is 3. The Kier molecular flexibility index (Phi) is 3.78. The van der Waals surface area contributed by atoms with Crippen molar-refractivity contribution in [3.05, 3.63) is 18.0 Å². The highest BCUT2D eigenvalue weighted by molar-refractivity contribution is 5.83. The lowest BCUT2D eigenvalue weighted by molar-refractivity contribution is -0.138. The number of carbonyl (C=O) groups is 1. The van der Waals surface area contributed by atoms with Gasteiger partial charge in [-0.2, -0.15) is 13.2 Å². The highest BCUT2D eigenvalue weighted by atomic mass is 19.4. The van der Waals surface area contributed by atoms with Crippen molar-refractivity contribution in [3.63, 3.8) is 0 Å². The third kappa shape index (κ3) is 3.33. The first-order valence-electron chi connectivity index (χ1n) is 6.93. The molecule has 0 radical (unpaired) electrons. The van der Waals surface area contributed by atoms with Crippen LogP contribution in [0.25, 0.3) is 11.0 Å². The van der Waals surface area contributed by atoms with Gasteiger partial charge in [0.2, 0.25) is 5.91 Å². The fourth-order valence-electron chi connectivity index (χ4n) is 2.38. The lowest BCUT2D eigenvalue weighted by Crippen LogP contribution is -2.35. The Labute approximate surface area is 129 Å². The first kappa shape index (κ1) is 15.4. The van der Waals surface area contributed by atoms with Crippen LogP contribution in [-0.2, 0) is 11.3 Å². The standard InChI is InChI=1S/C14H14F3N3O3/c1-8-19-9-4-11-12(23-3-2-22-11)5-10(9)20(8)6-13(21)18-7-14(15,16)17/h4-5H,2-3,6-7H2,1H3,(H,18,21). The summed E-state index contributed by atoms with van der Waals surface area (Å²) in [6.07, 6.45) is -4.44. The normalized spacial score (nSPS) is 14.1. The third-order valence-corrected chi connectivity index (χ3v) is 3.39. The number of ether oxygens (including phenoxy) is 2. The number of fused-ring (bicyclic) bond motifs is 2. The molecule has 124 valence electrons. The zero-order valence-electron chi connectivity index (χ0n) is 12.2. The summed E-state index contributed by atoms with van der Waals surface area (Å²) in [5, 5.41) is 1.85. The van der Waals surface area contributed by atoms with Gasteiger partial charge >= 0.3 is 6.18 Å². The van der Waals surface area contributed by atoms with Crippen LogP contribution in [0.1, 0.15) is 5.82 Å². The second-order valence-electron chi connectivity index (χ2n) is 5.12. The third-order valence-electron chi connectivity index (χ3n) is 3.39. The first-order valence-corrected chi connectivity index (χ1v) is 6.93. The molecule has 0 bridgehead atoms. The highest BCUT2D eigenvalue weighted by Crippen LogP contribution is 2.34. The zero-order valence-corrected chi connectivity index (χ0v) is 12.2. The van der Waals surface area contributed by atoms with Crippen molar-refractivity contribution in [2.75, 3.05) is 19.8 Å². The first-order chi connectivity index (χ1) is 10.8. The molecule has 0 spiro atoms. The number of benzene rings is 1. The lowest BCUT2D eigenvalue weighted by Gasteiger charge is -2.18. The van der Waals surface area contributed by atoms with E-state index in [1.165, 1.54) is 0 Å². The predicted molar refractivity (Wildman–Crippen MR) is 74.5 cm³/mol. The van der Waals surface area contributed by atoms with Gasteiger partial charge in [-0.05, 0) is 6.92 Å². The second kappa shape index (κ2) is 5.64. The Morgan fingerprint density at radius 1 is 1.30 bits per heavy atom. The van der Waals surface area contributed by atoms with Crippen LogP contribution in [0.2, 0.25) is 0 Å². The molecule has 0 unspecified atom stereocenters. The van der Waals surface area contributed by atoms with E-state index in [0.717, 1.165) is 0 Å². The van der Waals surface area contributed by atoms with E-state index in [-0.39, 0.29) is 6.54 Å². The fourth-order valence-corrected chi connectivity index (χ4v) is 2.38. The van der Waals surface area contributed by atoms with Gasteiger partial charge in [0.25, 0.3) is 0 Å². The minimum atomic E-state index is -4.44. The summed E-state index contributed by atoms with van der Waals surface area (Å²) in [5.41, 5.74) is 1.20. The van der Waals surface area contributed by atoms with Crippen LogP contribution < -0.4 is 14.8 Å². The summed E-state index contributed by atoms with van der Waals surface area (Å²) in [7, 11) is 0. The number of imidazole rings is 1. The number of carbonyl (C=O) groups excluding carboxylic acids is 1. The lowest BCUT2D eigenvalue weighted by atomic mass is 10.2. The Bertz CT molecular complexity index is 755. The molecule has 9 heteroatoms. The van der Waals surface area contributed by atoms with Gasteiger partial charge in [-0.25, -0.2) is 4.98 Å². The fraction of sp³-hybridized carbons (Fsp3) is 0.429. The summed E-state index contributed by atoms with van der Waals surface area (Å²) < 4.78 is 48.9. The summed E-state index contributed by atoms with van der Waals surface area (Å²) in [6, 6.07) is 3.38. The van der Waals surface area contributed by atoms with Crippen molar-refractivity contribution in [2.45, 2.75) is 19.6 Å². The summed E-state index contributed by atoms with van der Waals surface area (Å²) in [5.74, 6) is 0.875. The Hall–Kier alpha value is -2.45. The van der Waals surface area contributed by atoms with E-state index in [1.807, 2.05) is 5.32 Å². The summed E-state index contributed by atoms with van der Waals surface area (Å²) >= 11 is 0. The molecule has 23 heavy (non-hydrogen) atoms. The average molecular weight is 329 g/mol. The number of hydrogen-bond donors (Lipinski definition) is 1. The van der Waals surface area contributed by atoms with Gasteiger partial charge in [-0.3, -0.25) is 4.79 Å². The van der Waals surface area contributed by atoms with Crippen LogP contribution in [-0.4, -0.2) is 41.4 Å². The Balaban J connectivity index is 1.85. The van der Waals surface area contributed by atoms with E-state index in [9.17, 15) is 18.0 Å². The molecule has 1 aliphatic heterocycles. The van der Waals surface area contributed by atoms with Crippen LogP contribution in [0, 0.1) is 6.92 Å². The Morgan fingerprint density at radius 2 is 1.96 bits per heavy atom. The van der Waals surface area contributed by atoms with Crippen LogP contribution >= 0.6 is 0 Å². The number of rotatable bonds is 3. The molecule has 0 fully saturated rings. The number of amides is 1. The molecule has 1 aromatic heterocycles. The highest BCUT2D eigenvalue weighted by Gasteiger charge is 2.28. The van der Waals surface area contributed by atoms with E-state index >= 15 is 0 Å². The molecule has 0 saturated heterocycles. The molecule has 1 amide bonds. The van der Waals surface area contributed by atoms with E-state index in [1.54, 1.807) is 23.6 Å². The molecule has 1 N–H and O–H groups in total. The monoisotopic (exact) mass is 329 g/mol. The number of aryl methyl sites for hydroxylation is 1. The maximum absolute atomic E-state index is 12.2. The van der Waals surface area contributed by atoms with Gasteiger partial charge in [0, 0.05) is 12.1 Å². The number of hydrogen-bond acceptors (Lipinski definition) is 4. The van der Waals surface area contributed by atoms with E-state index in [0.29, 0.717) is 41.6 Å². The number of alkyl halides is 3. The molecule has 0 aliphatic carbocycles. The van der Waals surface area contributed by atoms with E-state index in [4.69, 9.17) is 9.47 Å². The molecule has 2 aromatic rings. The van der Waals surface area contributed by atoms with E-state index < -0.39 is 18.6 Å². The SMILES string of the molecule is Cc1nc2cc3c(cc2n1CC(=O)NCC(F)(F)F)OCCO3. The van der Waals surface area contributed by atoms with Crippen LogP contribution in [0.5, 0.6) is 11.5 Å². The minimum absolute atomic E-state index is 0.252. The number of aromatic nitrogens is 2. The van der Waals surface area contributed by atoms with Gasteiger partial charge in [-0.1, -0.05) is 0 Å². The zero-order chi connectivity index (χ0) is 16.6. The summed E-state index contributed by atoms with van der Waals surface area (Å²) in [4.78, 5) is 16.0. The van der Waals surface area contributed by atoms with Crippen molar-refractivity contribution < 1.29 is 27.4 Å². The number of nitrogens with one attached hydrogen (secondary N) is 1. The predicted octanol–water partition coefficient (Wildman–Crippen LogP) is 1.79. The smallest absolute Gasteiger partial charge is 0.405 e. The van der Waals surface area contributed by atoms with Gasteiger partial charge in [-0.15, -0.1) is 0 Å². The molecule has 3 rings (SSSR count).